The second-order valence-electron chi connectivity index (χ2n) is 6.09. The Labute approximate surface area is 140 Å². The minimum atomic E-state index is -0.130. The van der Waals surface area contributed by atoms with Gasteiger partial charge in [-0.1, -0.05) is 59.8 Å². The number of hydrogen-bond donors (Lipinski definition) is 1. The molecular weight excluding hydrogens is 300 g/mol. The molecule has 1 unspecified atom stereocenters. The first-order valence-electron chi connectivity index (χ1n) is 8.14. The fraction of sp³-hybridized carbons (Fsp3) is 0.200. The lowest BCUT2D eigenvalue weighted by molar-refractivity contribution is 0.0935. The van der Waals surface area contributed by atoms with E-state index in [1.54, 1.807) is 6.92 Å². The van der Waals surface area contributed by atoms with Gasteiger partial charge >= 0.3 is 0 Å². The highest BCUT2D eigenvalue weighted by molar-refractivity contribution is 6.01. The molecular formula is C20H18N2O2. The molecule has 1 amide bonds. The molecule has 1 atom stereocenters. The third-order valence-corrected chi connectivity index (χ3v) is 4.58. The van der Waals surface area contributed by atoms with Crippen LogP contribution < -0.4 is 5.32 Å². The largest absolute Gasteiger partial charge is 0.360 e. The van der Waals surface area contributed by atoms with E-state index in [4.69, 9.17) is 4.52 Å². The first kappa shape index (κ1) is 14.7. The van der Waals surface area contributed by atoms with Gasteiger partial charge in [0, 0.05) is 5.56 Å². The summed E-state index contributed by atoms with van der Waals surface area (Å²) in [6, 6.07) is 18.0. The number of nitrogens with one attached hydrogen (secondary N) is 1. The van der Waals surface area contributed by atoms with Gasteiger partial charge in [-0.15, -0.1) is 0 Å². The number of nitrogens with zero attached hydrogens (tertiary/aromatic N) is 1. The summed E-state index contributed by atoms with van der Waals surface area (Å²) in [4.78, 5) is 12.9. The number of hydrogen-bond acceptors (Lipinski definition) is 3. The van der Waals surface area contributed by atoms with Crippen LogP contribution >= 0.6 is 0 Å². The molecule has 0 radical (unpaired) electrons. The Hall–Kier alpha value is -2.88. The molecule has 4 heteroatoms. The van der Waals surface area contributed by atoms with Crippen molar-refractivity contribution in [2.24, 2.45) is 0 Å². The highest BCUT2D eigenvalue weighted by atomic mass is 16.5. The smallest absolute Gasteiger partial charge is 0.257 e. The monoisotopic (exact) mass is 318 g/mol. The van der Waals surface area contributed by atoms with Crippen LogP contribution in [0.1, 0.15) is 39.7 Å². The number of rotatable bonds is 3. The maximum Gasteiger partial charge on any atom is 0.257 e. The van der Waals surface area contributed by atoms with Crippen molar-refractivity contribution in [2.45, 2.75) is 25.8 Å². The number of amides is 1. The minimum absolute atomic E-state index is 0.0478. The van der Waals surface area contributed by atoms with E-state index in [0.717, 1.165) is 18.4 Å². The van der Waals surface area contributed by atoms with E-state index in [0.29, 0.717) is 17.0 Å². The van der Waals surface area contributed by atoms with Gasteiger partial charge in [-0.3, -0.25) is 4.79 Å². The van der Waals surface area contributed by atoms with Crippen LogP contribution in [0.2, 0.25) is 0 Å². The third-order valence-electron chi connectivity index (χ3n) is 4.58. The molecule has 4 rings (SSSR count). The summed E-state index contributed by atoms with van der Waals surface area (Å²) < 4.78 is 5.29. The lowest BCUT2D eigenvalue weighted by atomic mass is 10.0. The Kier molecular flexibility index (Phi) is 3.65. The molecule has 1 aromatic heterocycles. The van der Waals surface area contributed by atoms with Crippen molar-refractivity contribution >= 4 is 5.91 Å². The van der Waals surface area contributed by atoms with Gasteiger partial charge in [-0.05, 0) is 30.9 Å². The maximum atomic E-state index is 12.9. The van der Waals surface area contributed by atoms with Crippen LogP contribution in [-0.2, 0) is 6.42 Å². The quantitative estimate of drug-likeness (QED) is 0.792. The maximum absolute atomic E-state index is 12.9. The van der Waals surface area contributed by atoms with Crippen molar-refractivity contribution in [3.8, 4) is 11.3 Å². The van der Waals surface area contributed by atoms with Gasteiger partial charge in [0.25, 0.3) is 5.91 Å². The normalized spacial score (nSPS) is 16.0. The number of benzene rings is 2. The Bertz CT molecular complexity index is 884. The van der Waals surface area contributed by atoms with Crippen LogP contribution in [0.4, 0.5) is 0 Å². The molecule has 0 bridgehead atoms. The average molecular weight is 318 g/mol. The fourth-order valence-electron chi connectivity index (χ4n) is 3.37. The standard InChI is InChI=1S/C20H18N2O2/c1-13-18(19(22-24-13)15-8-3-2-4-9-15)20(23)21-17-12-11-14-7-5-6-10-16(14)17/h2-10,17H,11-12H2,1H3,(H,21,23). The van der Waals surface area contributed by atoms with Crippen LogP contribution in [0.25, 0.3) is 11.3 Å². The highest BCUT2D eigenvalue weighted by Gasteiger charge is 2.27. The lowest BCUT2D eigenvalue weighted by Crippen LogP contribution is -2.27. The van der Waals surface area contributed by atoms with E-state index in [-0.39, 0.29) is 11.9 Å². The van der Waals surface area contributed by atoms with Crippen LogP contribution in [0.15, 0.2) is 59.1 Å². The Morgan fingerprint density at radius 2 is 1.88 bits per heavy atom. The van der Waals surface area contributed by atoms with Gasteiger partial charge in [0.2, 0.25) is 0 Å². The second-order valence-corrected chi connectivity index (χ2v) is 6.09. The summed E-state index contributed by atoms with van der Waals surface area (Å²) in [5.74, 6) is 0.409. The number of carbonyl (C=O) groups is 1. The molecule has 3 aromatic rings. The van der Waals surface area contributed by atoms with E-state index < -0.39 is 0 Å². The first-order valence-corrected chi connectivity index (χ1v) is 8.14. The molecule has 24 heavy (non-hydrogen) atoms. The molecule has 2 aromatic carbocycles. The van der Waals surface area contributed by atoms with E-state index in [9.17, 15) is 4.79 Å². The Balaban J connectivity index is 1.64. The van der Waals surface area contributed by atoms with Crippen LogP contribution in [0.5, 0.6) is 0 Å². The number of carbonyl (C=O) groups excluding carboxylic acids is 1. The van der Waals surface area contributed by atoms with E-state index in [1.165, 1.54) is 11.1 Å². The molecule has 0 spiro atoms. The van der Waals surface area contributed by atoms with Crippen LogP contribution in [0, 0.1) is 6.92 Å². The van der Waals surface area contributed by atoms with E-state index in [1.807, 2.05) is 42.5 Å². The number of aromatic nitrogens is 1. The molecule has 0 aliphatic heterocycles. The molecule has 1 aliphatic carbocycles. The Morgan fingerprint density at radius 1 is 1.12 bits per heavy atom. The first-order chi connectivity index (χ1) is 11.7. The minimum Gasteiger partial charge on any atom is -0.360 e. The van der Waals surface area contributed by atoms with Crippen molar-refractivity contribution in [3.63, 3.8) is 0 Å². The number of fused-ring (bicyclic) bond motifs is 1. The molecule has 1 aliphatic rings. The predicted octanol–water partition coefficient (Wildman–Crippen LogP) is 4.07. The van der Waals surface area contributed by atoms with Crippen molar-refractivity contribution in [2.75, 3.05) is 0 Å². The second kappa shape index (κ2) is 5.96. The molecule has 1 heterocycles. The van der Waals surface area contributed by atoms with E-state index in [2.05, 4.69) is 22.6 Å². The van der Waals surface area contributed by atoms with Gasteiger partial charge in [-0.2, -0.15) is 0 Å². The van der Waals surface area contributed by atoms with Crippen LogP contribution in [-0.4, -0.2) is 11.1 Å². The zero-order valence-corrected chi connectivity index (χ0v) is 13.5. The Morgan fingerprint density at radius 3 is 2.71 bits per heavy atom. The summed E-state index contributed by atoms with van der Waals surface area (Å²) in [5, 5.41) is 7.24. The zero-order valence-electron chi connectivity index (χ0n) is 13.5. The third kappa shape index (κ3) is 2.50. The summed E-state index contributed by atoms with van der Waals surface area (Å²) in [5.41, 5.74) is 4.52. The van der Waals surface area contributed by atoms with Gasteiger partial charge in [0.1, 0.15) is 17.0 Å². The zero-order chi connectivity index (χ0) is 16.5. The van der Waals surface area contributed by atoms with Gasteiger partial charge in [0.05, 0.1) is 6.04 Å². The molecule has 120 valence electrons. The topological polar surface area (TPSA) is 55.1 Å². The molecule has 0 saturated carbocycles. The summed E-state index contributed by atoms with van der Waals surface area (Å²) in [6.07, 6.45) is 1.92. The summed E-state index contributed by atoms with van der Waals surface area (Å²) in [6.45, 7) is 1.77. The predicted molar refractivity (Wildman–Crippen MR) is 91.6 cm³/mol. The van der Waals surface area contributed by atoms with Crippen molar-refractivity contribution in [3.05, 3.63) is 77.0 Å². The summed E-state index contributed by atoms with van der Waals surface area (Å²) in [7, 11) is 0. The van der Waals surface area contributed by atoms with Gasteiger partial charge in [-0.25, -0.2) is 0 Å². The van der Waals surface area contributed by atoms with Crippen molar-refractivity contribution < 1.29 is 9.32 Å². The highest BCUT2D eigenvalue weighted by Crippen LogP contribution is 2.32. The lowest BCUT2D eigenvalue weighted by Gasteiger charge is -2.14. The van der Waals surface area contributed by atoms with Gasteiger partial charge in [0.15, 0.2) is 0 Å². The molecule has 0 saturated heterocycles. The van der Waals surface area contributed by atoms with Gasteiger partial charge < -0.3 is 9.84 Å². The van der Waals surface area contributed by atoms with Crippen molar-refractivity contribution in [1.29, 1.82) is 0 Å². The fourth-order valence-corrected chi connectivity index (χ4v) is 3.37. The SMILES string of the molecule is Cc1onc(-c2ccccc2)c1C(=O)NC1CCc2ccccc21. The molecule has 1 N–H and O–H groups in total. The van der Waals surface area contributed by atoms with Crippen LogP contribution in [0.3, 0.4) is 0 Å². The average Bonchev–Trinajstić information content (AvgIpc) is 3.20. The number of aryl methyl sites for hydroxylation is 2. The van der Waals surface area contributed by atoms with E-state index >= 15 is 0 Å². The summed E-state index contributed by atoms with van der Waals surface area (Å²) >= 11 is 0. The molecule has 4 nitrogen and oxygen atoms in total. The molecule has 0 fully saturated rings. The van der Waals surface area contributed by atoms with Crippen molar-refractivity contribution in [1.82, 2.24) is 10.5 Å².